The number of pyridine rings is 1. The van der Waals surface area contributed by atoms with Gasteiger partial charge in [0.05, 0.1) is 6.20 Å². The zero-order valence-electron chi connectivity index (χ0n) is 9.11. The number of halogens is 2. The van der Waals surface area contributed by atoms with Gasteiger partial charge in [-0.25, -0.2) is 9.37 Å². The van der Waals surface area contributed by atoms with Gasteiger partial charge >= 0.3 is 0 Å². The van der Waals surface area contributed by atoms with Crippen LogP contribution < -0.4 is 5.73 Å². The van der Waals surface area contributed by atoms with E-state index in [2.05, 4.69) is 15.2 Å². The normalized spacial score (nSPS) is 10.5. The summed E-state index contributed by atoms with van der Waals surface area (Å²) in [5, 5.41) is 7.77. The molecule has 2 heterocycles. The van der Waals surface area contributed by atoms with Crippen LogP contribution in [0.4, 0.5) is 10.2 Å². The molecule has 2 aromatic heterocycles. The van der Waals surface area contributed by atoms with Crippen LogP contribution in [0.15, 0.2) is 18.5 Å². The van der Waals surface area contributed by atoms with E-state index in [1.54, 1.807) is 12.3 Å². The van der Waals surface area contributed by atoms with Gasteiger partial charge < -0.3 is 5.73 Å². The number of rotatable bonds is 2. The summed E-state index contributed by atoms with van der Waals surface area (Å²) in [5.41, 5.74) is 7.47. The summed E-state index contributed by atoms with van der Waals surface area (Å²) >= 11 is 5.85. The van der Waals surface area contributed by atoms with E-state index < -0.39 is 5.82 Å². The highest BCUT2D eigenvalue weighted by Gasteiger charge is 2.10. The van der Waals surface area contributed by atoms with Crippen LogP contribution in [0.1, 0.15) is 16.7 Å². The third-order valence-electron chi connectivity index (χ3n) is 2.53. The maximum Gasteiger partial charge on any atom is 0.168 e. The Bertz CT molecular complexity index is 510. The molecule has 0 aromatic carbocycles. The molecule has 0 saturated heterocycles. The second-order valence-corrected chi connectivity index (χ2v) is 3.99. The molecule has 0 saturated carbocycles. The van der Waals surface area contributed by atoms with Crippen LogP contribution in [0.25, 0.3) is 0 Å². The Morgan fingerprint density at radius 2 is 2.18 bits per heavy atom. The highest BCUT2D eigenvalue weighted by atomic mass is 35.5. The van der Waals surface area contributed by atoms with E-state index >= 15 is 0 Å². The quantitative estimate of drug-likeness (QED) is 0.889. The zero-order chi connectivity index (χ0) is 12.4. The maximum atomic E-state index is 13.7. The first-order chi connectivity index (χ1) is 8.09. The highest BCUT2D eigenvalue weighted by Crippen LogP contribution is 2.20. The van der Waals surface area contributed by atoms with Gasteiger partial charge in [-0.1, -0.05) is 11.6 Å². The van der Waals surface area contributed by atoms with Crippen LogP contribution in [0.2, 0.25) is 5.15 Å². The molecule has 2 aromatic rings. The Hall–Kier alpha value is -1.75. The molecule has 0 atom stereocenters. The molecule has 6 heteroatoms. The monoisotopic (exact) mass is 252 g/mol. The summed E-state index contributed by atoms with van der Waals surface area (Å²) < 4.78 is 13.7. The summed E-state index contributed by atoms with van der Waals surface area (Å²) in [6, 6.07) is 1.58. The van der Waals surface area contributed by atoms with E-state index in [1.165, 1.54) is 6.20 Å². The summed E-state index contributed by atoms with van der Waals surface area (Å²) in [7, 11) is 0. The number of hydrogen-bond donors (Lipinski definition) is 1. The third-order valence-corrected chi connectivity index (χ3v) is 2.89. The topological polar surface area (TPSA) is 64.7 Å². The molecule has 0 bridgehead atoms. The Balaban J connectivity index is 2.38. The Morgan fingerprint density at radius 1 is 1.41 bits per heavy atom. The van der Waals surface area contributed by atoms with Crippen LogP contribution >= 0.6 is 11.6 Å². The van der Waals surface area contributed by atoms with Gasteiger partial charge in [-0.15, -0.1) is 5.10 Å². The van der Waals surface area contributed by atoms with Crippen molar-refractivity contribution in [3.63, 3.8) is 0 Å². The average molecular weight is 253 g/mol. The molecule has 2 rings (SSSR count). The number of hydrogen-bond acceptors (Lipinski definition) is 4. The van der Waals surface area contributed by atoms with Crippen molar-refractivity contribution >= 4 is 17.4 Å². The van der Waals surface area contributed by atoms with Crippen molar-refractivity contribution in [1.82, 2.24) is 15.2 Å². The fourth-order valence-corrected chi connectivity index (χ4v) is 1.64. The highest BCUT2D eigenvalue weighted by molar-refractivity contribution is 6.30. The van der Waals surface area contributed by atoms with Crippen LogP contribution in [-0.4, -0.2) is 15.2 Å². The van der Waals surface area contributed by atoms with Gasteiger partial charge in [-0.05, 0) is 29.7 Å². The average Bonchev–Trinajstić information content (AvgIpc) is 2.31. The molecule has 17 heavy (non-hydrogen) atoms. The van der Waals surface area contributed by atoms with Crippen LogP contribution in [0.3, 0.4) is 0 Å². The minimum absolute atomic E-state index is 0.103. The molecule has 0 radical (unpaired) electrons. The van der Waals surface area contributed by atoms with Crippen molar-refractivity contribution in [1.29, 1.82) is 0 Å². The lowest BCUT2D eigenvalue weighted by atomic mass is 10.0. The lowest BCUT2D eigenvalue weighted by Gasteiger charge is -2.07. The molecule has 0 spiro atoms. The first-order valence-corrected chi connectivity index (χ1v) is 5.33. The van der Waals surface area contributed by atoms with Crippen molar-refractivity contribution in [2.24, 2.45) is 0 Å². The van der Waals surface area contributed by atoms with Gasteiger partial charge in [0.1, 0.15) is 0 Å². The molecule has 88 valence electrons. The molecule has 0 unspecified atom stereocenters. The summed E-state index contributed by atoms with van der Waals surface area (Å²) in [5.74, 6) is -0.604. The number of nitrogen functional groups attached to an aromatic ring is 1. The Labute approximate surface area is 103 Å². The molecular weight excluding hydrogens is 243 g/mol. The molecule has 4 nitrogen and oxygen atoms in total. The van der Waals surface area contributed by atoms with Gasteiger partial charge in [0.25, 0.3) is 0 Å². The molecule has 0 aliphatic carbocycles. The standard InChI is InChI=1S/C11H10ClFN4/c1-6-8(5-16-17-10(6)12)4-7-2-3-15-11(14)9(7)13/h2-3,5H,4H2,1H3,(H2,14,15). The van der Waals surface area contributed by atoms with Gasteiger partial charge in [0.2, 0.25) is 0 Å². The lowest BCUT2D eigenvalue weighted by molar-refractivity contribution is 0.613. The fraction of sp³-hybridized carbons (Fsp3) is 0.182. The van der Waals surface area contributed by atoms with Crippen molar-refractivity contribution < 1.29 is 4.39 Å². The number of nitrogens with zero attached hydrogens (tertiary/aromatic N) is 3. The molecule has 0 aliphatic heterocycles. The first-order valence-electron chi connectivity index (χ1n) is 4.95. The van der Waals surface area contributed by atoms with Crippen molar-refractivity contribution in [3.05, 3.63) is 46.1 Å². The van der Waals surface area contributed by atoms with E-state index in [0.717, 1.165) is 11.1 Å². The predicted octanol–water partition coefficient (Wildman–Crippen LogP) is 2.15. The Morgan fingerprint density at radius 3 is 2.94 bits per heavy atom. The van der Waals surface area contributed by atoms with Crippen molar-refractivity contribution in [2.75, 3.05) is 5.73 Å². The van der Waals surface area contributed by atoms with Gasteiger partial charge in [-0.2, -0.15) is 5.10 Å². The fourth-order valence-electron chi connectivity index (χ4n) is 1.48. The number of anilines is 1. The zero-order valence-corrected chi connectivity index (χ0v) is 9.87. The second-order valence-electron chi connectivity index (χ2n) is 3.63. The second kappa shape index (κ2) is 4.63. The minimum atomic E-state index is -0.500. The first kappa shape index (κ1) is 11.7. The minimum Gasteiger partial charge on any atom is -0.381 e. The van der Waals surface area contributed by atoms with E-state index in [-0.39, 0.29) is 5.82 Å². The van der Waals surface area contributed by atoms with E-state index in [9.17, 15) is 4.39 Å². The number of aromatic nitrogens is 3. The van der Waals surface area contributed by atoms with Crippen molar-refractivity contribution in [2.45, 2.75) is 13.3 Å². The van der Waals surface area contributed by atoms with E-state index in [1.807, 2.05) is 6.92 Å². The van der Waals surface area contributed by atoms with Crippen LogP contribution in [-0.2, 0) is 6.42 Å². The van der Waals surface area contributed by atoms with Crippen LogP contribution in [0, 0.1) is 12.7 Å². The SMILES string of the molecule is Cc1c(Cc2ccnc(N)c2F)cnnc1Cl. The van der Waals surface area contributed by atoms with E-state index in [0.29, 0.717) is 17.1 Å². The molecule has 2 N–H and O–H groups in total. The third kappa shape index (κ3) is 2.34. The van der Waals surface area contributed by atoms with Gasteiger partial charge in [0.15, 0.2) is 16.8 Å². The molecule has 0 fully saturated rings. The number of nitrogens with two attached hydrogens (primary N) is 1. The summed E-state index contributed by atoms with van der Waals surface area (Å²) in [4.78, 5) is 3.67. The molecular formula is C11H10ClFN4. The Kier molecular flexibility index (Phi) is 3.19. The predicted molar refractivity (Wildman–Crippen MR) is 63.2 cm³/mol. The van der Waals surface area contributed by atoms with Gasteiger partial charge in [-0.3, -0.25) is 0 Å². The lowest BCUT2D eigenvalue weighted by Crippen LogP contribution is -2.02. The summed E-state index contributed by atoms with van der Waals surface area (Å²) in [6.07, 6.45) is 3.40. The smallest absolute Gasteiger partial charge is 0.168 e. The van der Waals surface area contributed by atoms with E-state index in [4.69, 9.17) is 17.3 Å². The van der Waals surface area contributed by atoms with Crippen LogP contribution in [0.5, 0.6) is 0 Å². The maximum absolute atomic E-state index is 13.7. The molecule has 0 aliphatic rings. The summed E-state index contributed by atoms with van der Waals surface area (Å²) in [6.45, 7) is 1.81. The van der Waals surface area contributed by atoms with Gasteiger partial charge in [0, 0.05) is 12.6 Å². The van der Waals surface area contributed by atoms with Crippen molar-refractivity contribution in [3.8, 4) is 0 Å². The largest absolute Gasteiger partial charge is 0.381 e. The molecule has 0 amide bonds.